The molecule has 1 heterocycles. The Kier molecular flexibility index (Phi) is 14.9. The highest BCUT2D eigenvalue weighted by Gasteiger charge is 2.36. The SMILES string of the molecule is CC1(C)c2ccccc2N(c2ccc(S(=O)(=O)c3ccccc3)cc2)c2ccccc21.FC1=CC=[C+]C=C1.O=S(=O)(Cl)c1ccccc1.O=S(=O)(c1ccccc1)c1ccc(F)cc1. The van der Waals surface area contributed by atoms with Gasteiger partial charge in [-0.1, -0.05) is 105 Å². The second-order valence-electron chi connectivity index (χ2n) is 14.5. The molecule has 1 aliphatic carbocycles. The van der Waals surface area contributed by atoms with Crippen molar-refractivity contribution in [1.29, 1.82) is 0 Å². The van der Waals surface area contributed by atoms with Gasteiger partial charge >= 0.3 is 0 Å². The smallest absolute Gasteiger partial charge is 0.261 e. The zero-order chi connectivity index (χ0) is 46.0. The Labute approximate surface area is 378 Å². The minimum Gasteiger partial charge on any atom is -0.310 e. The summed E-state index contributed by atoms with van der Waals surface area (Å²) in [5.41, 5.74) is 5.53. The van der Waals surface area contributed by atoms with Crippen LogP contribution < -0.4 is 4.90 Å². The first-order valence-corrected chi connectivity index (χ1v) is 24.9. The standard InChI is InChI=1S/C27H23NO2S.C12H9FO2S.C6H5ClO2S.C6H4F/c1-27(2)23-12-6-8-14-25(23)28(26-15-9-7-13-24(26)27)20-16-18-22(19-17-20)31(29,30)21-10-4-3-5-11-21;13-10-6-8-12(9-7-10)16(14,15)11-4-2-1-3-5-11;7-10(8,9)6-4-2-1-3-5-6;7-6-4-2-1-3-5-6/h3-19H,1-2H3;1-9H;1-5H;2-5H/q;;;+1. The first-order valence-electron chi connectivity index (χ1n) is 19.6. The third kappa shape index (κ3) is 11.2. The van der Waals surface area contributed by atoms with Gasteiger partial charge in [0.1, 0.15) is 18.0 Å². The number of sulfone groups is 2. The normalized spacial score (nSPS) is 13.4. The van der Waals surface area contributed by atoms with E-state index < -0.39 is 34.5 Å². The lowest BCUT2D eigenvalue weighted by atomic mass is 9.73. The van der Waals surface area contributed by atoms with Crippen molar-refractivity contribution in [3.05, 3.63) is 241 Å². The number of rotatable bonds is 6. The molecule has 0 amide bonds. The van der Waals surface area contributed by atoms with E-state index in [-0.39, 0.29) is 25.9 Å². The van der Waals surface area contributed by atoms with Gasteiger partial charge in [-0.3, -0.25) is 0 Å². The lowest BCUT2D eigenvalue weighted by molar-refractivity contribution is 0.593. The van der Waals surface area contributed by atoms with E-state index in [1.165, 1.54) is 71.8 Å². The fourth-order valence-corrected chi connectivity index (χ4v) is 10.1. The second kappa shape index (κ2) is 20.3. The first-order chi connectivity index (χ1) is 30.5. The van der Waals surface area contributed by atoms with Crippen LogP contribution in [0.2, 0.25) is 0 Å². The van der Waals surface area contributed by atoms with Gasteiger partial charge in [0.15, 0.2) is 0 Å². The number of benzene rings is 7. The molecule has 2 aliphatic rings. The molecule has 1 aliphatic heterocycles. The van der Waals surface area contributed by atoms with Gasteiger partial charge in [-0.05, 0) is 108 Å². The van der Waals surface area contributed by atoms with Crippen LogP contribution in [0.15, 0.2) is 243 Å². The molecular weight excluding hydrogens is 892 g/mol. The minimum atomic E-state index is -3.54. The quantitative estimate of drug-likeness (QED) is 0.0929. The molecule has 0 spiro atoms. The van der Waals surface area contributed by atoms with Crippen molar-refractivity contribution in [2.24, 2.45) is 0 Å². The van der Waals surface area contributed by atoms with Crippen molar-refractivity contribution in [3.63, 3.8) is 0 Å². The second-order valence-corrected chi connectivity index (χ2v) is 21.0. The summed E-state index contributed by atoms with van der Waals surface area (Å²) in [5.74, 6) is -0.661. The Morgan fingerprint density at radius 2 is 0.859 bits per heavy atom. The number of hydrogen-bond acceptors (Lipinski definition) is 7. The van der Waals surface area contributed by atoms with Crippen LogP contribution in [0.25, 0.3) is 0 Å². The molecule has 0 saturated heterocycles. The lowest BCUT2D eigenvalue weighted by Crippen LogP contribution is -2.30. The summed E-state index contributed by atoms with van der Waals surface area (Å²) in [6.07, 6.45) is 8.49. The van der Waals surface area contributed by atoms with Gasteiger partial charge in [-0.15, -0.1) is 0 Å². The minimum absolute atomic E-state index is 0.0973. The van der Waals surface area contributed by atoms with E-state index in [1.807, 2.05) is 30.3 Å². The Morgan fingerprint density at radius 3 is 1.22 bits per heavy atom. The predicted octanol–water partition coefficient (Wildman–Crippen LogP) is 12.7. The van der Waals surface area contributed by atoms with E-state index in [9.17, 15) is 34.0 Å². The summed E-state index contributed by atoms with van der Waals surface area (Å²) in [6.45, 7) is 4.50. The molecule has 324 valence electrons. The maximum absolute atomic E-state index is 13.0. The Morgan fingerprint density at radius 1 is 0.484 bits per heavy atom. The molecule has 7 nitrogen and oxygen atoms in total. The molecule has 0 unspecified atom stereocenters. The summed E-state index contributed by atoms with van der Waals surface area (Å²) in [6, 6.07) is 53.3. The van der Waals surface area contributed by atoms with Crippen molar-refractivity contribution in [3.8, 4) is 0 Å². The number of allylic oxidation sites excluding steroid dienone is 6. The molecule has 0 aromatic heterocycles. The topological polar surface area (TPSA) is 106 Å². The van der Waals surface area contributed by atoms with Crippen molar-refractivity contribution >= 4 is 56.5 Å². The zero-order valence-electron chi connectivity index (χ0n) is 34.5. The number of hydrogen-bond donors (Lipinski definition) is 0. The zero-order valence-corrected chi connectivity index (χ0v) is 37.7. The number of anilines is 3. The van der Waals surface area contributed by atoms with E-state index in [1.54, 1.807) is 72.8 Å². The summed E-state index contributed by atoms with van der Waals surface area (Å²) >= 11 is 0. The van der Waals surface area contributed by atoms with Crippen LogP contribution in [-0.4, -0.2) is 25.3 Å². The van der Waals surface area contributed by atoms with E-state index in [0.717, 1.165) is 29.2 Å². The van der Waals surface area contributed by atoms with Gasteiger partial charge in [0, 0.05) is 27.9 Å². The van der Waals surface area contributed by atoms with Crippen molar-refractivity contribution in [2.45, 2.75) is 43.7 Å². The van der Waals surface area contributed by atoms with Crippen LogP contribution in [0, 0.1) is 11.9 Å². The molecular formula is C51H41ClF2NO6S3+. The Bertz CT molecular complexity index is 3080. The fourth-order valence-electron chi connectivity index (χ4n) is 6.76. The molecule has 0 atom stereocenters. The maximum Gasteiger partial charge on any atom is 0.261 e. The number of fused-ring (bicyclic) bond motifs is 2. The Balaban J connectivity index is 0.000000170. The highest BCUT2D eigenvalue weighted by molar-refractivity contribution is 8.13. The molecule has 7 aromatic carbocycles. The van der Waals surface area contributed by atoms with E-state index >= 15 is 0 Å². The van der Waals surface area contributed by atoms with Crippen molar-refractivity contribution < 1.29 is 34.0 Å². The average Bonchev–Trinajstić information content (AvgIpc) is 3.31. The highest BCUT2D eigenvalue weighted by Crippen LogP contribution is 2.51. The first kappa shape index (κ1) is 47.0. The van der Waals surface area contributed by atoms with Gasteiger partial charge in [-0.25, -0.2) is 29.6 Å². The molecule has 0 N–H and O–H groups in total. The van der Waals surface area contributed by atoms with Crippen LogP contribution in [0.4, 0.5) is 25.8 Å². The van der Waals surface area contributed by atoms with Crippen LogP contribution in [0.1, 0.15) is 25.0 Å². The summed E-state index contributed by atoms with van der Waals surface area (Å²) in [4.78, 5) is 3.26. The molecule has 0 fully saturated rings. The van der Waals surface area contributed by atoms with Crippen LogP contribution in [0.5, 0.6) is 0 Å². The molecule has 0 saturated carbocycles. The van der Waals surface area contributed by atoms with Gasteiger partial charge in [-0.2, -0.15) is 4.39 Å². The number of halogens is 3. The van der Waals surface area contributed by atoms with Gasteiger partial charge in [0.2, 0.25) is 25.5 Å². The lowest BCUT2D eigenvalue weighted by Gasteiger charge is -2.42. The summed E-state index contributed by atoms with van der Waals surface area (Å²) < 4.78 is 95.8. The molecule has 0 radical (unpaired) electrons. The van der Waals surface area contributed by atoms with Gasteiger partial charge < -0.3 is 4.90 Å². The predicted molar refractivity (Wildman–Crippen MR) is 249 cm³/mol. The van der Waals surface area contributed by atoms with Crippen molar-refractivity contribution in [1.82, 2.24) is 0 Å². The number of nitrogens with zero attached hydrogens (tertiary/aromatic N) is 1. The van der Waals surface area contributed by atoms with Gasteiger partial charge in [0.25, 0.3) is 9.05 Å². The van der Waals surface area contributed by atoms with E-state index in [4.69, 9.17) is 10.7 Å². The molecule has 7 aromatic rings. The molecule has 0 bridgehead atoms. The molecule has 9 rings (SSSR count). The fraction of sp³-hybridized carbons (Fsp3) is 0.0588. The summed E-state index contributed by atoms with van der Waals surface area (Å²) in [5, 5.41) is 0. The number of para-hydroxylation sites is 2. The van der Waals surface area contributed by atoms with Crippen molar-refractivity contribution in [2.75, 3.05) is 4.90 Å². The third-order valence-corrected chi connectivity index (χ3v) is 14.9. The molecule has 13 heteroatoms. The van der Waals surface area contributed by atoms with E-state index in [2.05, 4.69) is 61.2 Å². The van der Waals surface area contributed by atoms with Gasteiger partial charge in [0.05, 0.1) is 48.0 Å². The monoisotopic (exact) mass is 932 g/mol. The van der Waals surface area contributed by atoms with E-state index in [0.29, 0.717) is 9.79 Å². The Hall–Kier alpha value is -6.53. The van der Waals surface area contributed by atoms with Crippen LogP contribution >= 0.6 is 10.7 Å². The largest absolute Gasteiger partial charge is 0.310 e. The van der Waals surface area contributed by atoms with Crippen LogP contribution in [-0.2, 0) is 34.1 Å². The third-order valence-electron chi connectivity index (χ3n) is 9.98. The van der Waals surface area contributed by atoms with Crippen LogP contribution in [0.3, 0.4) is 0 Å². The maximum atomic E-state index is 13.0. The highest BCUT2D eigenvalue weighted by atomic mass is 35.7. The summed E-state index contributed by atoms with van der Waals surface area (Å²) in [7, 11) is -5.57. The molecule has 64 heavy (non-hydrogen) atoms. The average molecular weight is 934 g/mol.